The number of carbonyl (C=O) groups excluding carboxylic acids is 3. The number of rotatable bonds is 12. The molecule has 4 unspecified atom stereocenters. The third-order valence-electron chi connectivity index (χ3n) is 4.39. The van der Waals surface area contributed by atoms with Gasteiger partial charge >= 0.3 is 5.97 Å². The molecule has 176 valence electrons. The number of aliphatic hydroxyl groups excluding tert-OH is 3. The van der Waals surface area contributed by atoms with E-state index >= 15 is 0 Å². The van der Waals surface area contributed by atoms with Crippen LogP contribution in [0.5, 0.6) is 0 Å². The number of hydrogen-bond donors (Lipinski definition) is 6. The third kappa shape index (κ3) is 5.00. The monoisotopic (exact) mass is 475 g/mol. The molecule has 1 saturated heterocycles. The van der Waals surface area contributed by atoms with Gasteiger partial charge in [-0.25, -0.2) is 14.8 Å². The molecule has 2 amide bonds. The van der Waals surface area contributed by atoms with Crippen LogP contribution in [0.15, 0.2) is 10.5 Å². The summed E-state index contributed by atoms with van der Waals surface area (Å²) >= 11 is 0.969. The second-order valence-electron chi connectivity index (χ2n) is 6.64. The van der Waals surface area contributed by atoms with Gasteiger partial charge in [0, 0.05) is 5.38 Å². The Bertz CT molecular complexity index is 908. The number of nitrogen functional groups attached to an aromatic ring is 1. The first-order valence-electron chi connectivity index (χ1n) is 8.90. The van der Waals surface area contributed by atoms with Crippen LogP contribution in [0, 0.1) is 0 Å². The lowest BCUT2D eigenvalue weighted by Gasteiger charge is -2.53. The zero-order chi connectivity index (χ0) is 24.1. The minimum absolute atomic E-state index is 0.0515. The second kappa shape index (κ2) is 10.4. The van der Waals surface area contributed by atoms with E-state index in [-0.39, 0.29) is 17.1 Å². The molecule has 2 rings (SSSR count). The molecule has 4 atom stereocenters. The van der Waals surface area contributed by atoms with Crippen molar-refractivity contribution < 1.29 is 49.3 Å². The average molecular weight is 475 g/mol. The predicted octanol–water partition coefficient (Wildman–Crippen LogP) is -3.54. The molecule has 0 bridgehead atoms. The van der Waals surface area contributed by atoms with Gasteiger partial charge in [-0.1, -0.05) is 5.16 Å². The third-order valence-corrected chi connectivity index (χ3v) is 5.07. The lowest BCUT2D eigenvalue weighted by Crippen LogP contribution is -2.80. The molecule has 15 nitrogen and oxygen atoms in total. The van der Waals surface area contributed by atoms with Gasteiger partial charge in [0.1, 0.15) is 17.3 Å². The number of anilines is 1. The van der Waals surface area contributed by atoms with Crippen molar-refractivity contribution in [3.63, 3.8) is 0 Å². The number of amides is 2. The molecule has 2 heterocycles. The van der Waals surface area contributed by atoms with Gasteiger partial charge in [0.25, 0.3) is 11.8 Å². The van der Waals surface area contributed by atoms with Crippen LogP contribution in [0.4, 0.5) is 5.13 Å². The van der Waals surface area contributed by atoms with Crippen LogP contribution in [-0.2, 0) is 28.9 Å². The first-order valence-corrected chi connectivity index (χ1v) is 9.78. The molecule has 32 heavy (non-hydrogen) atoms. The van der Waals surface area contributed by atoms with Crippen LogP contribution in [0.25, 0.3) is 0 Å². The number of oxime groups is 1. The van der Waals surface area contributed by atoms with E-state index in [2.05, 4.69) is 15.5 Å². The Morgan fingerprint density at radius 3 is 2.59 bits per heavy atom. The quantitative estimate of drug-likeness (QED) is 0.0746. The van der Waals surface area contributed by atoms with Crippen LogP contribution in [-0.4, -0.2) is 104 Å². The Hall–Kier alpha value is -3.18. The number of carboxylic acids is 1. The van der Waals surface area contributed by atoms with Crippen LogP contribution >= 0.6 is 11.3 Å². The Kier molecular flexibility index (Phi) is 8.17. The summed E-state index contributed by atoms with van der Waals surface area (Å²) in [6.07, 6.45) is -2.89. The number of nitrogens with zero attached hydrogens (tertiary/aromatic N) is 3. The molecule has 1 aliphatic rings. The van der Waals surface area contributed by atoms with Gasteiger partial charge in [0.15, 0.2) is 17.1 Å². The van der Waals surface area contributed by atoms with Crippen molar-refractivity contribution >= 4 is 46.2 Å². The number of nitrogens with one attached hydrogen (secondary N) is 1. The summed E-state index contributed by atoms with van der Waals surface area (Å²) in [6, 6.07) is -1.38. The lowest BCUT2D eigenvalue weighted by molar-refractivity contribution is -0.288. The summed E-state index contributed by atoms with van der Waals surface area (Å²) in [7, 11) is 0. The van der Waals surface area contributed by atoms with E-state index in [1.807, 2.05) is 0 Å². The van der Waals surface area contributed by atoms with E-state index in [0.29, 0.717) is 5.06 Å². The molecular formula is C16H21N5O10S. The Morgan fingerprint density at radius 2 is 2.12 bits per heavy atom. The Morgan fingerprint density at radius 1 is 1.44 bits per heavy atom. The van der Waals surface area contributed by atoms with Gasteiger partial charge in [-0.2, -0.15) is 0 Å². The van der Waals surface area contributed by atoms with E-state index in [9.17, 15) is 24.3 Å². The standard InChI is InChI=1S/C16H21N5O10S/c1-16(6-25)11(13(27)21(16)31-9(4-24)14(28)29)19-12(26)10(8-5-32-15(17)18-8)20-30-7(2-22)3-23/h2,5,7,9,11,23-25H,3-4,6H2,1H3,(H2,17,18)(H,19,26)(H,28,29). The average Bonchev–Trinajstić information content (AvgIpc) is 3.20. The highest BCUT2D eigenvalue weighted by molar-refractivity contribution is 7.13. The summed E-state index contributed by atoms with van der Waals surface area (Å²) in [5.41, 5.74) is 3.44. The van der Waals surface area contributed by atoms with E-state index < -0.39 is 67.1 Å². The summed E-state index contributed by atoms with van der Waals surface area (Å²) in [6.45, 7) is -1.10. The maximum atomic E-state index is 12.8. The summed E-state index contributed by atoms with van der Waals surface area (Å²) in [5.74, 6) is -3.46. The van der Waals surface area contributed by atoms with Crippen molar-refractivity contribution in [3.8, 4) is 0 Å². The van der Waals surface area contributed by atoms with E-state index in [1.165, 1.54) is 12.3 Å². The predicted molar refractivity (Wildman–Crippen MR) is 105 cm³/mol. The zero-order valence-electron chi connectivity index (χ0n) is 16.6. The number of aliphatic hydroxyl groups is 3. The summed E-state index contributed by atoms with van der Waals surface area (Å²) < 4.78 is 0. The molecule has 7 N–H and O–H groups in total. The van der Waals surface area contributed by atoms with E-state index in [1.54, 1.807) is 0 Å². The normalized spacial score (nSPS) is 22.6. The Labute approximate surface area is 184 Å². The van der Waals surface area contributed by atoms with Gasteiger partial charge in [-0.05, 0) is 6.92 Å². The van der Waals surface area contributed by atoms with Gasteiger partial charge in [-0.3, -0.25) is 19.2 Å². The summed E-state index contributed by atoms with van der Waals surface area (Å²) in [4.78, 5) is 60.8. The maximum Gasteiger partial charge on any atom is 0.338 e. The van der Waals surface area contributed by atoms with E-state index in [0.717, 1.165) is 11.3 Å². The molecular weight excluding hydrogens is 454 g/mol. The minimum Gasteiger partial charge on any atom is -0.479 e. The molecule has 0 radical (unpaired) electrons. The lowest BCUT2D eigenvalue weighted by atomic mass is 9.83. The fourth-order valence-electron chi connectivity index (χ4n) is 2.54. The van der Waals surface area contributed by atoms with Crippen molar-refractivity contribution in [2.24, 2.45) is 5.16 Å². The fraction of sp³-hybridized carbons (Fsp3) is 0.500. The molecule has 0 aliphatic carbocycles. The van der Waals surface area contributed by atoms with Crippen molar-refractivity contribution in [1.29, 1.82) is 0 Å². The van der Waals surface area contributed by atoms with Crippen molar-refractivity contribution in [2.45, 2.75) is 30.7 Å². The van der Waals surface area contributed by atoms with Crippen LogP contribution < -0.4 is 11.1 Å². The fourth-order valence-corrected chi connectivity index (χ4v) is 3.08. The molecule has 1 aromatic heterocycles. The number of aromatic nitrogens is 1. The molecule has 1 fully saturated rings. The molecule has 1 aliphatic heterocycles. The first kappa shape index (κ1) is 25.1. The highest BCUT2D eigenvalue weighted by Crippen LogP contribution is 2.33. The SMILES string of the molecule is CC1(CO)C(NC(=O)C(=NOC(C=O)CO)c2csc(N)n2)C(=O)N1OC(CO)C(=O)O. The number of hydroxylamine groups is 2. The van der Waals surface area contributed by atoms with Gasteiger partial charge in [0.05, 0.1) is 19.8 Å². The number of hydrogen-bond acceptors (Lipinski definition) is 13. The van der Waals surface area contributed by atoms with Crippen molar-refractivity contribution in [1.82, 2.24) is 15.4 Å². The maximum absolute atomic E-state index is 12.8. The van der Waals surface area contributed by atoms with Gasteiger partial charge < -0.3 is 36.3 Å². The molecule has 1 aromatic rings. The highest BCUT2D eigenvalue weighted by atomic mass is 32.1. The Balaban J connectivity index is 2.24. The second-order valence-corrected chi connectivity index (χ2v) is 7.53. The van der Waals surface area contributed by atoms with Crippen molar-refractivity contribution in [3.05, 3.63) is 11.1 Å². The van der Waals surface area contributed by atoms with Gasteiger partial charge in [0.2, 0.25) is 12.2 Å². The van der Waals surface area contributed by atoms with E-state index in [4.69, 9.17) is 30.7 Å². The summed E-state index contributed by atoms with van der Waals surface area (Å²) in [5, 5.41) is 44.7. The number of nitrogens with two attached hydrogens (primary N) is 1. The molecule has 0 spiro atoms. The van der Waals surface area contributed by atoms with Gasteiger partial charge in [-0.15, -0.1) is 11.3 Å². The largest absolute Gasteiger partial charge is 0.479 e. The minimum atomic E-state index is -1.77. The number of carboxylic acid groups (broad SMARTS) is 1. The number of carbonyl (C=O) groups is 4. The number of thiazole rings is 1. The zero-order valence-corrected chi connectivity index (χ0v) is 17.4. The number of aldehydes is 1. The molecule has 16 heteroatoms. The first-order chi connectivity index (χ1) is 15.1. The topological polar surface area (TPSA) is 234 Å². The van der Waals surface area contributed by atoms with Crippen molar-refractivity contribution in [2.75, 3.05) is 25.6 Å². The molecule has 0 aromatic carbocycles. The van der Waals surface area contributed by atoms with Crippen LogP contribution in [0.3, 0.4) is 0 Å². The smallest absolute Gasteiger partial charge is 0.338 e. The number of β-lactam (4-membered cyclic amide) rings is 1. The molecule has 0 saturated carbocycles. The number of aliphatic carboxylic acids is 1. The van der Waals surface area contributed by atoms with Crippen LogP contribution in [0.1, 0.15) is 12.6 Å². The van der Waals surface area contributed by atoms with Crippen LogP contribution in [0.2, 0.25) is 0 Å². The highest BCUT2D eigenvalue weighted by Gasteiger charge is 2.60.